The van der Waals surface area contributed by atoms with Crippen molar-refractivity contribution in [2.75, 3.05) is 0 Å². The zero-order chi connectivity index (χ0) is 11.1. The van der Waals surface area contributed by atoms with E-state index >= 15 is 0 Å². The molecule has 0 radical (unpaired) electrons. The molecule has 1 aromatic rings. The van der Waals surface area contributed by atoms with Gasteiger partial charge in [0.1, 0.15) is 0 Å². The average Bonchev–Trinajstić information content (AvgIpc) is 2.78. The third kappa shape index (κ3) is 1.85. The summed E-state index contributed by atoms with van der Waals surface area (Å²) in [7, 11) is 1.87. The molecule has 0 amide bonds. The highest BCUT2D eigenvalue weighted by Crippen LogP contribution is 2.47. The van der Waals surface area contributed by atoms with Crippen LogP contribution in [-0.2, 0) is 22.0 Å². The van der Waals surface area contributed by atoms with Crippen LogP contribution in [0.15, 0.2) is 0 Å². The molecule has 0 bridgehead atoms. The summed E-state index contributed by atoms with van der Waals surface area (Å²) in [6, 6.07) is 0. The first kappa shape index (κ1) is 10.8. The molecule has 84 valence electrons. The minimum absolute atomic E-state index is 0.305. The van der Waals surface area contributed by atoms with Crippen molar-refractivity contribution in [1.82, 2.24) is 20.2 Å². The van der Waals surface area contributed by atoms with Crippen LogP contribution in [0.3, 0.4) is 0 Å². The first-order valence-electron chi connectivity index (χ1n) is 4.68. The Bertz CT molecular complexity index is 465. The summed E-state index contributed by atoms with van der Waals surface area (Å²) in [5.74, 6) is 0.583. The van der Waals surface area contributed by atoms with Crippen LogP contribution in [0.4, 0.5) is 0 Å². The van der Waals surface area contributed by atoms with Gasteiger partial charge in [0, 0.05) is 23.6 Å². The molecule has 2 rings (SSSR count). The van der Waals surface area contributed by atoms with E-state index in [1.165, 1.54) is 0 Å². The molecule has 0 spiro atoms. The van der Waals surface area contributed by atoms with Gasteiger partial charge in [-0.3, -0.25) is 0 Å². The number of halogens is 1. The zero-order valence-electron chi connectivity index (χ0n) is 8.22. The van der Waals surface area contributed by atoms with Crippen molar-refractivity contribution < 1.29 is 8.42 Å². The molecule has 1 aromatic heterocycles. The van der Waals surface area contributed by atoms with E-state index < -0.39 is 13.8 Å². The summed E-state index contributed by atoms with van der Waals surface area (Å²) in [6.07, 6.45) is 1.49. The molecule has 0 saturated heterocycles. The molecule has 0 aliphatic heterocycles. The molecule has 8 heteroatoms. The molecular weight excluding hydrogens is 240 g/mol. The van der Waals surface area contributed by atoms with Gasteiger partial charge in [0.2, 0.25) is 9.05 Å². The maximum Gasteiger partial charge on any atom is 0.238 e. The van der Waals surface area contributed by atoms with E-state index in [1.54, 1.807) is 4.68 Å². The lowest BCUT2D eigenvalue weighted by molar-refractivity contribution is 0.566. The minimum atomic E-state index is -3.53. The number of tetrazole rings is 1. The van der Waals surface area contributed by atoms with Gasteiger partial charge in [0.25, 0.3) is 0 Å². The van der Waals surface area contributed by atoms with E-state index in [9.17, 15) is 8.42 Å². The molecule has 0 aromatic carbocycles. The number of hydrogen-bond acceptors (Lipinski definition) is 5. The fourth-order valence-corrected chi connectivity index (χ4v) is 3.05. The maximum absolute atomic E-state index is 11.3. The van der Waals surface area contributed by atoms with Crippen LogP contribution in [0.1, 0.15) is 25.6 Å². The van der Waals surface area contributed by atoms with Gasteiger partial charge in [0.05, 0.1) is 4.75 Å². The summed E-state index contributed by atoms with van der Waals surface area (Å²) >= 11 is 0. The quantitative estimate of drug-likeness (QED) is 0.720. The van der Waals surface area contributed by atoms with Crippen LogP contribution < -0.4 is 0 Å². The number of aromatic nitrogens is 4. The standard InChI is InChI=1S/C7H11ClN4O2S/c1-2-12-6(9-10-11-12)5-7(3-4-7)15(8,13)14/h2-5H2,1H3. The van der Waals surface area contributed by atoms with Gasteiger partial charge in [-0.25, -0.2) is 13.1 Å². The molecule has 1 heterocycles. The highest BCUT2D eigenvalue weighted by molar-refractivity contribution is 8.15. The zero-order valence-corrected chi connectivity index (χ0v) is 9.79. The Labute approximate surface area is 92.0 Å². The lowest BCUT2D eigenvalue weighted by Gasteiger charge is -2.09. The van der Waals surface area contributed by atoms with E-state index in [4.69, 9.17) is 10.7 Å². The van der Waals surface area contributed by atoms with E-state index in [2.05, 4.69) is 15.5 Å². The second kappa shape index (κ2) is 3.41. The van der Waals surface area contributed by atoms with Crippen LogP contribution in [0.5, 0.6) is 0 Å². The molecule has 1 saturated carbocycles. The Morgan fingerprint density at radius 3 is 2.67 bits per heavy atom. The first-order valence-corrected chi connectivity index (χ1v) is 6.99. The van der Waals surface area contributed by atoms with Crippen molar-refractivity contribution in [3.8, 4) is 0 Å². The van der Waals surface area contributed by atoms with Gasteiger partial charge < -0.3 is 0 Å². The Morgan fingerprint density at radius 1 is 1.53 bits per heavy atom. The van der Waals surface area contributed by atoms with Gasteiger partial charge in [0.15, 0.2) is 5.82 Å². The highest BCUT2D eigenvalue weighted by Gasteiger charge is 2.54. The van der Waals surface area contributed by atoms with E-state index in [0.29, 0.717) is 31.6 Å². The van der Waals surface area contributed by atoms with Crippen molar-refractivity contribution >= 4 is 19.7 Å². The smallest absolute Gasteiger partial charge is 0.230 e. The van der Waals surface area contributed by atoms with Crippen LogP contribution >= 0.6 is 10.7 Å². The summed E-state index contributed by atoms with van der Waals surface area (Å²) in [6.45, 7) is 2.52. The van der Waals surface area contributed by atoms with Crippen molar-refractivity contribution in [3.05, 3.63) is 5.82 Å². The van der Waals surface area contributed by atoms with Gasteiger partial charge in [-0.15, -0.1) is 5.10 Å². The molecule has 6 nitrogen and oxygen atoms in total. The third-order valence-corrected chi connectivity index (χ3v) is 5.28. The van der Waals surface area contributed by atoms with Crippen molar-refractivity contribution in [2.45, 2.75) is 37.5 Å². The molecular formula is C7H11ClN4O2S. The molecule has 0 unspecified atom stereocenters. The predicted octanol–water partition coefficient (Wildman–Crippen LogP) is 0.337. The maximum atomic E-state index is 11.3. The second-order valence-electron chi connectivity index (χ2n) is 3.71. The SMILES string of the molecule is CCn1nnnc1CC1(S(=O)(=O)Cl)CC1. The second-order valence-corrected chi connectivity index (χ2v) is 6.67. The fraction of sp³-hybridized carbons (Fsp3) is 0.857. The molecule has 1 aliphatic carbocycles. The lowest BCUT2D eigenvalue weighted by atomic mass is 10.3. The average molecular weight is 251 g/mol. The predicted molar refractivity (Wildman–Crippen MR) is 53.9 cm³/mol. The van der Waals surface area contributed by atoms with Crippen LogP contribution in [0.25, 0.3) is 0 Å². The largest absolute Gasteiger partial charge is 0.238 e. The van der Waals surface area contributed by atoms with Crippen molar-refractivity contribution in [3.63, 3.8) is 0 Å². The highest BCUT2D eigenvalue weighted by atomic mass is 35.7. The monoisotopic (exact) mass is 250 g/mol. The van der Waals surface area contributed by atoms with Gasteiger partial charge >= 0.3 is 0 Å². The number of nitrogens with zero attached hydrogens (tertiary/aromatic N) is 4. The Kier molecular flexibility index (Phi) is 2.46. The van der Waals surface area contributed by atoms with Crippen LogP contribution in [0.2, 0.25) is 0 Å². The molecule has 1 aliphatic rings. The number of aryl methyl sites for hydroxylation is 1. The van der Waals surface area contributed by atoms with E-state index in [0.717, 1.165) is 0 Å². The van der Waals surface area contributed by atoms with Gasteiger partial charge in [-0.05, 0) is 30.2 Å². The summed E-state index contributed by atoms with van der Waals surface area (Å²) < 4.78 is 23.4. The third-order valence-electron chi connectivity index (χ3n) is 2.71. The normalized spacial score (nSPS) is 19.1. The Hall–Kier alpha value is -0.690. The van der Waals surface area contributed by atoms with Crippen molar-refractivity contribution in [1.29, 1.82) is 0 Å². The molecule has 0 N–H and O–H groups in total. The van der Waals surface area contributed by atoms with Crippen molar-refractivity contribution in [2.24, 2.45) is 0 Å². The van der Waals surface area contributed by atoms with Crippen LogP contribution in [-0.4, -0.2) is 33.4 Å². The summed E-state index contributed by atoms with van der Waals surface area (Å²) in [5.41, 5.74) is 0. The fourth-order valence-electron chi connectivity index (χ4n) is 1.53. The number of hydrogen-bond donors (Lipinski definition) is 0. The molecule has 1 fully saturated rings. The van der Waals surface area contributed by atoms with E-state index in [1.807, 2.05) is 6.92 Å². The molecule has 15 heavy (non-hydrogen) atoms. The Morgan fingerprint density at radius 2 is 2.20 bits per heavy atom. The first-order chi connectivity index (χ1) is 6.98. The summed E-state index contributed by atoms with van der Waals surface area (Å²) in [4.78, 5) is 0. The van der Waals surface area contributed by atoms with E-state index in [-0.39, 0.29) is 0 Å². The number of rotatable bonds is 4. The Balaban J connectivity index is 2.23. The van der Waals surface area contributed by atoms with Gasteiger partial charge in [-0.1, -0.05) is 0 Å². The van der Waals surface area contributed by atoms with Gasteiger partial charge in [-0.2, -0.15) is 0 Å². The minimum Gasteiger partial charge on any atom is -0.230 e. The lowest BCUT2D eigenvalue weighted by Crippen LogP contribution is -2.23. The summed E-state index contributed by atoms with van der Waals surface area (Å²) in [5, 5.41) is 11.1. The van der Waals surface area contributed by atoms with Crippen LogP contribution in [0, 0.1) is 0 Å². The topological polar surface area (TPSA) is 77.7 Å². The molecule has 0 atom stereocenters.